The van der Waals surface area contributed by atoms with E-state index in [1.165, 1.54) is 30.3 Å². The lowest BCUT2D eigenvalue weighted by Gasteiger charge is -2.26. The van der Waals surface area contributed by atoms with Gasteiger partial charge in [0.25, 0.3) is 17.5 Å². The van der Waals surface area contributed by atoms with Crippen molar-refractivity contribution in [1.82, 2.24) is 5.32 Å². The van der Waals surface area contributed by atoms with Gasteiger partial charge in [0.1, 0.15) is 11.3 Å². The van der Waals surface area contributed by atoms with Crippen LogP contribution in [0.1, 0.15) is 18.9 Å². The second-order valence-corrected chi connectivity index (χ2v) is 7.18. The Kier molecular flexibility index (Phi) is 6.26. The molecule has 10 heteroatoms. The molecule has 0 unspecified atom stereocenters. The minimum atomic E-state index is -0.937. The van der Waals surface area contributed by atoms with Gasteiger partial charge in [-0.1, -0.05) is 22.9 Å². The van der Waals surface area contributed by atoms with E-state index in [1.54, 1.807) is 18.2 Å². The molecule has 0 spiro atoms. The van der Waals surface area contributed by atoms with Gasteiger partial charge in [-0.2, -0.15) is 0 Å². The minimum absolute atomic E-state index is 0.0956. The summed E-state index contributed by atoms with van der Waals surface area (Å²) in [5.74, 6) is -1.21. The summed E-state index contributed by atoms with van der Waals surface area (Å²) in [6.07, 6.45) is 2.12. The van der Waals surface area contributed by atoms with Crippen molar-refractivity contribution in [1.29, 1.82) is 0 Å². The molecule has 1 saturated heterocycles. The van der Waals surface area contributed by atoms with Crippen LogP contribution in [0.15, 0.2) is 52.5 Å². The molecule has 3 rings (SSSR count). The summed E-state index contributed by atoms with van der Waals surface area (Å²) in [7, 11) is 0. The Morgan fingerprint density at radius 2 is 1.87 bits per heavy atom. The lowest BCUT2D eigenvalue weighted by atomic mass is 10.1. The molecule has 0 saturated carbocycles. The summed E-state index contributed by atoms with van der Waals surface area (Å²) in [5.41, 5.74) is 0.113. The zero-order valence-electron chi connectivity index (χ0n) is 15.8. The molecular formula is C20H16BrN3O6. The summed E-state index contributed by atoms with van der Waals surface area (Å²) in [5, 5.41) is 12.9. The van der Waals surface area contributed by atoms with E-state index < -0.39 is 22.8 Å². The van der Waals surface area contributed by atoms with Gasteiger partial charge in [0.2, 0.25) is 0 Å². The highest BCUT2D eigenvalue weighted by Crippen LogP contribution is 2.28. The maximum atomic E-state index is 13.0. The molecule has 9 nitrogen and oxygen atoms in total. The molecule has 154 valence electrons. The van der Waals surface area contributed by atoms with Gasteiger partial charge in [-0.05, 0) is 42.8 Å². The van der Waals surface area contributed by atoms with Crippen molar-refractivity contribution in [2.45, 2.75) is 13.3 Å². The van der Waals surface area contributed by atoms with Crippen LogP contribution in [-0.2, 0) is 9.59 Å². The molecule has 1 aliphatic rings. The third kappa shape index (κ3) is 4.38. The van der Waals surface area contributed by atoms with E-state index in [4.69, 9.17) is 4.74 Å². The van der Waals surface area contributed by atoms with Gasteiger partial charge in [-0.25, -0.2) is 9.69 Å². The van der Waals surface area contributed by atoms with E-state index in [0.29, 0.717) is 22.4 Å². The molecule has 1 fully saturated rings. The van der Waals surface area contributed by atoms with Crippen molar-refractivity contribution in [3.8, 4) is 5.75 Å². The summed E-state index contributed by atoms with van der Waals surface area (Å²) in [6.45, 7) is 2.40. The van der Waals surface area contributed by atoms with Crippen LogP contribution in [0.4, 0.5) is 16.2 Å². The second-order valence-electron chi connectivity index (χ2n) is 6.26. The van der Waals surface area contributed by atoms with Crippen molar-refractivity contribution in [2.24, 2.45) is 0 Å². The first-order valence-corrected chi connectivity index (χ1v) is 9.69. The molecule has 0 radical (unpaired) electrons. The van der Waals surface area contributed by atoms with E-state index in [-0.39, 0.29) is 16.9 Å². The number of hydrogen-bond donors (Lipinski definition) is 1. The number of carbonyl (C=O) groups is 3. The number of urea groups is 1. The van der Waals surface area contributed by atoms with Crippen molar-refractivity contribution in [3.05, 3.63) is 68.2 Å². The Balaban J connectivity index is 2.00. The molecule has 2 aromatic rings. The van der Waals surface area contributed by atoms with Crippen LogP contribution in [0.5, 0.6) is 5.75 Å². The molecule has 1 N–H and O–H groups in total. The van der Waals surface area contributed by atoms with Gasteiger partial charge in [-0.3, -0.25) is 25.0 Å². The topological polar surface area (TPSA) is 119 Å². The molecule has 1 aliphatic heterocycles. The Morgan fingerprint density at radius 1 is 1.17 bits per heavy atom. The number of rotatable bonds is 6. The summed E-state index contributed by atoms with van der Waals surface area (Å²) >= 11 is 3.35. The Bertz CT molecular complexity index is 1060. The number of halogens is 1. The van der Waals surface area contributed by atoms with Crippen LogP contribution >= 0.6 is 15.9 Å². The highest BCUT2D eigenvalue weighted by atomic mass is 79.9. The Morgan fingerprint density at radius 3 is 2.50 bits per heavy atom. The first kappa shape index (κ1) is 21.2. The number of nitro groups is 1. The number of barbiturate groups is 1. The fraction of sp³-hybridized carbons (Fsp3) is 0.150. The molecule has 0 aliphatic carbocycles. The third-order valence-corrected chi connectivity index (χ3v) is 4.65. The van der Waals surface area contributed by atoms with E-state index in [9.17, 15) is 24.5 Å². The molecule has 0 atom stereocenters. The van der Waals surface area contributed by atoms with Crippen molar-refractivity contribution < 1.29 is 24.0 Å². The summed E-state index contributed by atoms with van der Waals surface area (Å²) in [6, 6.07) is 9.08. The van der Waals surface area contributed by atoms with Crippen molar-refractivity contribution in [2.75, 3.05) is 11.5 Å². The number of imide groups is 2. The van der Waals surface area contributed by atoms with Gasteiger partial charge < -0.3 is 4.74 Å². The van der Waals surface area contributed by atoms with E-state index in [0.717, 1.165) is 11.3 Å². The number of hydrogen-bond acceptors (Lipinski definition) is 6. The van der Waals surface area contributed by atoms with Crippen LogP contribution in [0.3, 0.4) is 0 Å². The van der Waals surface area contributed by atoms with Crippen molar-refractivity contribution >= 4 is 51.2 Å². The van der Waals surface area contributed by atoms with Crippen LogP contribution < -0.4 is 15.0 Å². The quantitative estimate of drug-likeness (QED) is 0.294. The normalized spacial score (nSPS) is 15.3. The standard InChI is InChI=1S/C20H16BrN3O6/c1-2-9-30-17-8-3-13(21)10-12(17)11-16-18(25)22-20(27)23(19(16)26)14-4-6-15(7-5-14)24(28)29/h3-8,10-11H,2,9H2,1H3,(H,22,25,27)/b16-11+. The van der Waals surface area contributed by atoms with Gasteiger partial charge in [0.05, 0.1) is 17.2 Å². The minimum Gasteiger partial charge on any atom is -0.493 e. The predicted octanol–water partition coefficient (Wildman–Crippen LogP) is 3.81. The Labute approximate surface area is 179 Å². The fourth-order valence-corrected chi connectivity index (χ4v) is 3.13. The number of anilines is 1. The molecule has 4 amide bonds. The van der Waals surface area contributed by atoms with E-state index in [1.807, 2.05) is 6.92 Å². The summed E-state index contributed by atoms with van der Waals surface area (Å²) < 4.78 is 6.38. The Hall–Kier alpha value is -3.53. The maximum absolute atomic E-state index is 13.0. The molecule has 30 heavy (non-hydrogen) atoms. The second kappa shape index (κ2) is 8.87. The number of carbonyl (C=O) groups excluding carboxylic acids is 3. The first-order chi connectivity index (χ1) is 14.3. The number of nitrogens with one attached hydrogen (secondary N) is 1. The lowest BCUT2D eigenvalue weighted by Crippen LogP contribution is -2.54. The predicted molar refractivity (Wildman–Crippen MR) is 112 cm³/mol. The van der Waals surface area contributed by atoms with Gasteiger partial charge in [0, 0.05) is 22.2 Å². The average Bonchev–Trinajstić information content (AvgIpc) is 2.70. The van der Waals surface area contributed by atoms with Gasteiger partial charge in [-0.15, -0.1) is 0 Å². The van der Waals surface area contributed by atoms with Crippen LogP contribution in [-0.4, -0.2) is 29.4 Å². The molecule has 0 bridgehead atoms. The molecular weight excluding hydrogens is 458 g/mol. The number of nitrogens with zero attached hydrogens (tertiary/aromatic N) is 2. The van der Waals surface area contributed by atoms with Gasteiger partial charge >= 0.3 is 6.03 Å². The van der Waals surface area contributed by atoms with Crippen LogP contribution in [0.2, 0.25) is 0 Å². The van der Waals surface area contributed by atoms with Gasteiger partial charge in [0.15, 0.2) is 0 Å². The van der Waals surface area contributed by atoms with E-state index >= 15 is 0 Å². The molecule has 1 heterocycles. The number of ether oxygens (including phenoxy) is 1. The monoisotopic (exact) mass is 473 g/mol. The van der Waals surface area contributed by atoms with Crippen molar-refractivity contribution in [3.63, 3.8) is 0 Å². The lowest BCUT2D eigenvalue weighted by molar-refractivity contribution is -0.384. The highest BCUT2D eigenvalue weighted by Gasteiger charge is 2.37. The number of non-ortho nitro benzene ring substituents is 1. The maximum Gasteiger partial charge on any atom is 0.335 e. The number of benzene rings is 2. The molecule has 2 aromatic carbocycles. The molecule has 0 aromatic heterocycles. The number of nitro benzene ring substituents is 1. The number of amides is 4. The fourth-order valence-electron chi connectivity index (χ4n) is 2.75. The zero-order chi connectivity index (χ0) is 21.8. The van der Waals surface area contributed by atoms with Crippen LogP contribution in [0, 0.1) is 10.1 Å². The SMILES string of the molecule is CCCOc1ccc(Br)cc1/C=C1\C(=O)NC(=O)N(c2ccc([N+](=O)[O-])cc2)C1=O. The highest BCUT2D eigenvalue weighted by molar-refractivity contribution is 9.10. The summed E-state index contributed by atoms with van der Waals surface area (Å²) in [4.78, 5) is 48.6. The van der Waals surface area contributed by atoms with E-state index in [2.05, 4.69) is 21.2 Å². The smallest absolute Gasteiger partial charge is 0.335 e. The largest absolute Gasteiger partial charge is 0.493 e. The first-order valence-electron chi connectivity index (χ1n) is 8.90. The average molecular weight is 474 g/mol. The third-order valence-electron chi connectivity index (χ3n) is 4.15. The zero-order valence-corrected chi connectivity index (χ0v) is 17.3. The van der Waals surface area contributed by atoms with Crippen LogP contribution in [0.25, 0.3) is 6.08 Å².